The molecule has 1 N–H and O–H groups in total. The van der Waals surface area contributed by atoms with Gasteiger partial charge in [-0.1, -0.05) is 15.9 Å². The van der Waals surface area contributed by atoms with Crippen molar-refractivity contribution in [1.82, 2.24) is 0 Å². The van der Waals surface area contributed by atoms with Crippen LogP contribution in [0.15, 0.2) is 28.8 Å². The van der Waals surface area contributed by atoms with Gasteiger partial charge in [-0.3, -0.25) is 4.79 Å². The number of ketones is 1. The molecule has 16 heavy (non-hydrogen) atoms. The molecule has 0 spiro atoms. The second-order valence-corrected chi connectivity index (χ2v) is 4.31. The van der Waals surface area contributed by atoms with Gasteiger partial charge in [-0.15, -0.1) is 0 Å². The predicted molar refractivity (Wildman–Crippen MR) is 64.7 cm³/mol. The summed E-state index contributed by atoms with van der Waals surface area (Å²) < 4.78 is 0.934. The molecule has 0 amide bonds. The van der Waals surface area contributed by atoms with Crippen molar-refractivity contribution in [2.75, 3.05) is 0 Å². The van der Waals surface area contributed by atoms with Crippen LogP contribution < -0.4 is 0 Å². The molecule has 84 valence electrons. The van der Waals surface area contributed by atoms with Crippen LogP contribution in [0.4, 0.5) is 0 Å². The van der Waals surface area contributed by atoms with Crippen LogP contribution in [0.5, 0.6) is 0 Å². The van der Waals surface area contributed by atoms with Crippen LogP contribution >= 0.6 is 15.9 Å². The summed E-state index contributed by atoms with van der Waals surface area (Å²) in [5.41, 5.74) is 2.29. The van der Waals surface area contributed by atoms with Crippen molar-refractivity contribution in [3.05, 3.63) is 45.4 Å². The largest absolute Gasteiger partial charge is 0.478 e. The number of carbonyl (C=O) groups excluding carboxylic acids is 1. The van der Waals surface area contributed by atoms with E-state index < -0.39 is 5.97 Å². The minimum absolute atomic E-state index is 0.296. The fraction of sp³-hybridized carbons (Fsp3) is 0.167. The van der Waals surface area contributed by atoms with Crippen LogP contribution in [0.3, 0.4) is 0 Å². The van der Waals surface area contributed by atoms with Gasteiger partial charge in [-0.05, 0) is 43.2 Å². The Bertz CT molecular complexity index is 475. The summed E-state index contributed by atoms with van der Waals surface area (Å²) in [6.45, 7) is 3.69. The van der Waals surface area contributed by atoms with E-state index in [0.717, 1.165) is 27.8 Å². The summed E-state index contributed by atoms with van der Waals surface area (Å²) in [5.74, 6) is -1.42. The lowest BCUT2D eigenvalue weighted by Crippen LogP contribution is -2.00. The number of hydrogen-bond acceptors (Lipinski definition) is 2. The van der Waals surface area contributed by atoms with E-state index in [1.165, 1.54) is 0 Å². The van der Waals surface area contributed by atoms with Gasteiger partial charge in [0.1, 0.15) is 0 Å². The molecule has 0 heterocycles. The number of halogens is 1. The number of carboxylic acid groups (broad SMARTS) is 1. The minimum Gasteiger partial charge on any atom is -0.478 e. The summed E-state index contributed by atoms with van der Waals surface area (Å²) in [6.07, 6.45) is 1.91. The fourth-order valence-electron chi connectivity index (χ4n) is 1.28. The third-order valence-electron chi connectivity index (χ3n) is 2.15. The van der Waals surface area contributed by atoms with Crippen LogP contribution in [0.25, 0.3) is 0 Å². The highest BCUT2D eigenvalue weighted by atomic mass is 79.9. The molecule has 0 atom stereocenters. The number of carbonyl (C=O) groups is 2. The number of allylic oxidation sites excluding steroid dienone is 1. The van der Waals surface area contributed by atoms with Crippen LogP contribution in [-0.2, 0) is 4.79 Å². The van der Waals surface area contributed by atoms with E-state index in [0.29, 0.717) is 5.56 Å². The zero-order valence-corrected chi connectivity index (χ0v) is 10.5. The first-order valence-electron chi connectivity index (χ1n) is 4.64. The summed E-state index contributed by atoms with van der Waals surface area (Å²) in [4.78, 5) is 22.0. The maximum absolute atomic E-state index is 11.7. The molecule has 0 bridgehead atoms. The summed E-state index contributed by atoms with van der Waals surface area (Å²) in [7, 11) is 0. The number of aliphatic carboxylic acids is 1. The third kappa shape index (κ3) is 3.03. The zero-order chi connectivity index (χ0) is 12.3. The van der Waals surface area contributed by atoms with Crippen LogP contribution in [0, 0.1) is 13.8 Å². The number of benzene rings is 1. The van der Waals surface area contributed by atoms with E-state index in [1.54, 1.807) is 6.07 Å². The first-order chi connectivity index (χ1) is 7.41. The lowest BCUT2D eigenvalue weighted by Gasteiger charge is -2.05. The summed E-state index contributed by atoms with van der Waals surface area (Å²) in [5, 5.41) is 8.43. The highest BCUT2D eigenvalue weighted by Crippen LogP contribution is 2.21. The van der Waals surface area contributed by atoms with E-state index in [2.05, 4.69) is 15.9 Å². The van der Waals surface area contributed by atoms with Crippen molar-refractivity contribution >= 4 is 27.7 Å². The molecule has 0 aliphatic rings. The molecule has 1 aromatic rings. The van der Waals surface area contributed by atoms with E-state index >= 15 is 0 Å². The Balaban J connectivity index is 3.09. The SMILES string of the molecule is Cc1cc(C(=O)C=CC(=O)O)c(C)cc1Br. The average Bonchev–Trinajstić information content (AvgIpc) is 2.20. The van der Waals surface area contributed by atoms with Gasteiger partial charge in [-0.25, -0.2) is 4.79 Å². The molecule has 0 saturated heterocycles. The Morgan fingerprint density at radius 3 is 2.38 bits per heavy atom. The van der Waals surface area contributed by atoms with Crippen molar-refractivity contribution < 1.29 is 14.7 Å². The average molecular weight is 283 g/mol. The Morgan fingerprint density at radius 1 is 1.19 bits per heavy atom. The first-order valence-corrected chi connectivity index (χ1v) is 5.43. The van der Waals surface area contributed by atoms with Gasteiger partial charge in [0.25, 0.3) is 0 Å². The van der Waals surface area contributed by atoms with Crippen LogP contribution in [-0.4, -0.2) is 16.9 Å². The molecule has 1 aromatic carbocycles. The Labute approximate surface area is 102 Å². The minimum atomic E-state index is -1.13. The molecule has 1 rings (SSSR count). The van der Waals surface area contributed by atoms with E-state index in [1.807, 2.05) is 19.9 Å². The standard InChI is InChI=1S/C12H11BrO3/c1-7-6-10(13)8(2)5-9(7)11(14)3-4-12(15)16/h3-6H,1-2H3,(H,15,16). The van der Waals surface area contributed by atoms with Gasteiger partial charge in [-0.2, -0.15) is 0 Å². The maximum atomic E-state index is 11.7. The van der Waals surface area contributed by atoms with E-state index in [4.69, 9.17) is 5.11 Å². The molecular formula is C12H11BrO3. The van der Waals surface area contributed by atoms with Gasteiger partial charge < -0.3 is 5.11 Å². The Morgan fingerprint density at radius 2 is 1.81 bits per heavy atom. The Kier molecular flexibility index (Phi) is 4.01. The molecule has 0 aliphatic carbocycles. The highest BCUT2D eigenvalue weighted by Gasteiger charge is 2.08. The van der Waals surface area contributed by atoms with Gasteiger partial charge >= 0.3 is 5.97 Å². The second-order valence-electron chi connectivity index (χ2n) is 3.45. The number of hydrogen-bond donors (Lipinski definition) is 1. The summed E-state index contributed by atoms with van der Waals surface area (Å²) >= 11 is 3.37. The maximum Gasteiger partial charge on any atom is 0.328 e. The third-order valence-corrected chi connectivity index (χ3v) is 3.00. The van der Waals surface area contributed by atoms with Crippen molar-refractivity contribution in [3.63, 3.8) is 0 Å². The lowest BCUT2D eigenvalue weighted by molar-refractivity contribution is -0.131. The molecule has 0 fully saturated rings. The summed E-state index contributed by atoms with van der Waals surface area (Å²) in [6, 6.07) is 3.59. The quantitative estimate of drug-likeness (QED) is 0.685. The van der Waals surface area contributed by atoms with Gasteiger partial charge in [0.2, 0.25) is 0 Å². The van der Waals surface area contributed by atoms with Gasteiger partial charge in [0.05, 0.1) is 0 Å². The molecule has 3 nitrogen and oxygen atoms in total. The van der Waals surface area contributed by atoms with Crippen molar-refractivity contribution in [2.24, 2.45) is 0 Å². The second kappa shape index (κ2) is 5.07. The smallest absolute Gasteiger partial charge is 0.328 e. The number of aryl methyl sites for hydroxylation is 2. The molecule has 0 aliphatic heterocycles. The highest BCUT2D eigenvalue weighted by molar-refractivity contribution is 9.10. The molecule has 0 radical (unpaired) electrons. The molecular weight excluding hydrogens is 272 g/mol. The van der Waals surface area contributed by atoms with Crippen molar-refractivity contribution in [2.45, 2.75) is 13.8 Å². The van der Waals surface area contributed by atoms with E-state index in [-0.39, 0.29) is 5.78 Å². The fourth-order valence-corrected chi connectivity index (χ4v) is 1.74. The molecule has 0 saturated carbocycles. The van der Waals surface area contributed by atoms with Crippen molar-refractivity contribution in [3.8, 4) is 0 Å². The van der Waals surface area contributed by atoms with Crippen molar-refractivity contribution in [1.29, 1.82) is 0 Å². The zero-order valence-electron chi connectivity index (χ0n) is 8.95. The molecule has 0 aromatic heterocycles. The van der Waals surface area contributed by atoms with Crippen LogP contribution in [0.1, 0.15) is 21.5 Å². The Hall–Kier alpha value is -1.42. The van der Waals surface area contributed by atoms with Gasteiger partial charge in [0.15, 0.2) is 5.78 Å². The normalized spacial score (nSPS) is 10.7. The topological polar surface area (TPSA) is 54.4 Å². The van der Waals surface area contributed by atoms with Crippen LogP contribution in [0.2, 0.25) is 0 Å². The number of carboxylic acids is 1. The predicted octanol–water partition coefficient (Wildman–Crippen LogP) is 2.89. The van der Waals surface area contributed by atoms with Gasteiger partial charge in [0, 0.05) is 16.1 Å². The lowest BCUT2D eigenvalue weighted by atomic mass is 10.0. The molecule has 0 unspecified atom stereocenters. The first kappa shape index (κ1) is 12.6. The number of rotatable bonds is 3. The van der Waals surface area contributed by atoms with E-state index in [9.17, 15) is 9.59 Å². The monoisotopic (exact) mass is 282 g/mol. The molecule has 4 heteroatoms.